The molecule has 0 aliphatic carbocycles. The van der Waals surface area contributed by atoms with Crippen LogP contribution in [0, 0.1) is 11.8 Å². The highest BCUT2D eigenvalue weighted by molar-refractivity contribution is 7.92. The van der Waals surface area contributed by atoms with Gasteiger partial charge in [-0.15, -0.1) is 0 Å². The molecule has 1 heterocycles. The predicted molar refractivity (Wildman–Crippen MR) is 101 cm³/mol. The summed E-state index contributed by atoms with van der Waals surface area (Å²) in [5, 5.41) is 0. The van der Waals surface area contributed by atoms with Crippen molar-refractivity contribution in [2.45, 2.75) is 4.90 Å². The summed E-state index contributed by atoms with van der Waals surface area (Å²) in [6.45, 7) is 0. The molecule has 0 saturated carbocycles. The highest BCUT2D eigenvalue weighted by Gasteiger charge is 2.13. The van der Waals surface area contributed by atoms with Crippen molar-refractivity contribution in [3.05, 3.63) is 72.1 Å². The topological polar surface area (TPSA) is 124 Å². The fourth-order valence-electron chi connectivity index (χ4n) is 2.15. The second kappa shape index (κ2) is 7.13. The van der Waals surface area contributed by atoms with Gasteiger partial charge in [-0.2, -0.15) is 0 Å². The first kappa shape index (κ1) is 17.3. The molecule has 3 aromatic rings. The molecular formula is C18H15N5O2S. The first-order valence-corrected chi connectivity index (χ1v) is 9.00. The lowest BCUT2D eigenvalue weighted by atomic mass is 10.2. The Balaban J connectivity index is 1.87. The van der Waals surface area contributed by atoms with E-state index in [1.807, 2.05) is 0 Å². The van der Waals surface area contributed by atoms with Gasteiger partial charge in [-0.05, 0) is 30.3 Å². The van der Waals surface area contributed by atoms with E-state index >= 15 is 0 Å². The highest BCUT2D eigenvalue weighted by atomic mass is 32.2. The number of anilines is 3. The molecule has 0 aliphatic heterocycles. The molecule has 2 aromatic carbocycles. The lowest BCUT2D eigenvalue weighted by Gasteiger charge is -2.08. The average molecular weight is 365 g/mol. The number of hydrogen-bond donors (Lipinski definition) is 3. The molecular weight excluding hydrogens is 350 g/mol. The second-order valence-corrected chi connectivity index (χ2v) is 6.95. The van der Waals surface area contributed by atoms with E-state index in [1.54, 1.807) is 42.5 Å². The Hall–Kier alpha value is -3.57. The predicted octanol–water partition coefficient (Wildman–Crippen LogP) is 1.84. The van der Waals surface area contributed by atoms with Gasteiger partial charge < -0.3 is 11.5 Å². The molecule has 0 spiro atoms. The maximum absolute atomic E-state index is 12.4. The minimum absolute atomic E-state index is 0.179. The molecule has 0 atom stereocenters. The molecule has 130 valence electrons. The molecule has 0 radical (unpaired) electrons. The first-order chi connectivity index (χ1) is 12.5. The van der Waals surface area contributed by atoms with Gasteiger partial charge in [0.2, 0.25) is 0 Å². The van der Waals surface area contributed by atoms with Crippen molar-refractivity contribution < 1.29 is 8.42 Å². The van der Waals surface area contributed by atoms with Gasteiger partial charge >= 0.3 is 0 Å². The Bertz CT molecular complexity index is 1080. The highest BCUT2D eigenvalue weighted by Crippen LogP contribution is 2.17. The lowest BCUT2D eigenvalue weighted by Crippen LogP contribution is -2.12. The Kier molecular flexibility index (Phi) is 4.73. The van der Waals surface area contributed by atoms with Gasteiger partial charge in [0.05, 0.1) is 10.6 Å². The lowest BCUT2D eigenvalue weighted by molar-refractivity contribution is 0.601. The number of hydrogen-bond acceptors (Lipinski definition) is 6. The zero-order valence-corrected chi connectivity index (χ0v) is 14.4. The Labute approximate surface area is 151 Å². The fraction of sp³-hybridized carbons (Fsp3) is 0. The quantitative estimate of drug-likeness (QED) is 0.609. The van der Waals surface area contributed by atoms with Crippen molar-refractivity contribution in [2.24, 2.45) is 0 Å². The third-order valence-corrected chi connectivity index (χ3v) is 4.80. The monoisotopic (exact) mass is 365 g/mol. The van der Waals surface area contributed by atoms with E-state index in [4.69, 9.17) is 11.5 Å². The van der Waals surface area contributed by atoms with Gasteiger partial charge in [-0.1, -0.05) is 36.1 Å². The molecule has 26 heavy (non-hydrogen) atoms. The van der Waals surface area contributed by atoms with E-state index < -0.39 is 10.0 Å². The summed E-state index contributed by atoms with van der Waals surface area (Å²) in [7, 11) is -3.67. The molecule has 0 bridgehead atoms. The standard InChI is InChI=1S/C18H15N5O2S/c19-17-16(18(20)22-12-21-17)10-9-13-5-4-6-14(11-13)23-26(24,25)15-7-2-1-3-8-15/h1-8,11-12,23H,(H4,19,20,21,22). The second-order valence-electron chi connectivity index (χ2n) is 5.27. The molecule has 0 unspecified atom stereocenters. The van der Waals surface area contributed by atoms with E-state index in [2.05, 4.69) is 26.5 Å². The SMILES string of the molecule is Nc1ncnc(N)c1C#Cc1cccc(NS(=O)(=O)c2ccccc2)c1. The smallest absolute Gasteiger partial charge is 0.261 e. The van der Waals surface area contributed by atoms with Crippen LogP contribution in [0.25, 0.3) is 0 Å². The molecule has 0 aliphatic rings. The zero-order chi connectivity index (χ0) is 18.6. The average Bonchev–Trinajstić information content (AvgIpc) is 2.62. The van der Waals surface area contributed by atoms with Gasteiger partial charge in [0.25, 0.3) is 10.0 Å². The third-order valence-electron chi connectivity index (χ3n) is 3.41. The zero-order valence-electron chi connectivity index (χ0n) is 13.5. The third kappa shape index (κ3) is 3.91. The molecule has 0 fully saturated rings. The van der Waals surface area contributed by atoms with Crippen LogP contribution in [-0.2, 0) is 10.0 Å². The van der Waals surface area contributed by atoms with Crippen molar-refractivity contribution in [2.75, 3.05) is 16.2 Å². The summed E-state index contributed by atoms with van der Waals surface area (Å²) in [5.74, 6) is 6.07. The Morgan fingerprint density at radius 2 is 1.58 bits per heavy atom. The molecule has 7 nitrogen and oxygen atoms in total. The summed E-state index contributed by atoms with van der Waals surface area (Å²) < 4.78 is 27.3. The van der Waals surface area contributed by atoms with E-state index in [0.29, 0.717) is 16.8 Å². The summed E-state index contributed by atoms with van der Waals surface area (Å²) >= 11 is 0. The normalized spacial score (nSPS) is 10.6. The number of sulfonamides is 1. The Morgan fingerprint density at radius 1 is 0.885 bits per heavy atom. The van der Waals surface area contributed by atoms with Gasteiger partial charge in [0.1, 0.15) is 23.5 Å². The van der Waals surface area contributed by atoms with Crippen LogP contribution in [0.1, 0.15) is 11.1 Å². The number of nitrogens with zero attached hydrogens (tertiary/aromatic N) is 2. The number of rotatable bonds is 3. The van der Waals surface area contributed by atoms with E-state index in [0.717, 1.165) is 0 Å². The minimum Gasteiger partial charge on any atom is -0.382 e. The molecule has 1 aromatic heterocycles. The fourth-order valence-corrected chi connectivity index (χ4v) is 3.22. The molecule has 3 rings (SSSR count). The summed E-state index contributed by atoms with van der Waals surface area (Å²) in [6.07, 6.45) is 1.26. The Morgan fingerprint density at radius 3 is 2.27 bits per heavy atom. The largest absolute Gasteiger partial charge is 0.382 e. The summed E-state index contributed by atoms with van der Waals surface area (Å²) in [5.41, 5.74) is 12.8. The first-order valence-electron chi connectivity index (χ1n) is 7.51. The number of nitrogens with two attached hydrogens (primary N) is 2. The van der Waals surface area contributed by atoms with Crippen LogP contribution in [0.4, 0.5) is 17.3 Å². The molecule has 0 amide bonds. The molecule has 0 saturated heterocycles. The number of nitrogens with one attached hydrogen (secondary N) is 1. The van der Waals surface area contributed by atoms with Crippen LogP contribution in [-0.4, -0.2) is 18.4 Å². The van der Waals surface area contributed by atoms with Crippen molar-refractivity contribution >= 4 is 27.3 Å². The number of benzene rings is 2. The van der Waals surface area contributed by atoms with Crippen molar-refractivity contribution in [3.8, 4) is 11.8 Å². The maximum Gasteiger partial charge on any atom is 0.261 e. The molecule has 5 N–H and O–H groups in total. The summed E-state index contributed by atoms with van der Waals surface area (Å²) in [4.78, 5) is 7.87. The van der Waals surface area contributed by atoms with E-state index in [-0.39, 0.29) is 16.5 Å². The van der Waals surface area contributed by atoms with Gasteiger partial charge in [-0.3, -0.25) is 4.72 Å². The van der Waals surface area contributed by atoms with E-state index in [1.165, 1.54) is 18.5 Å². The van der Waals surface area contributed by atoms with Crippen LogP contribution >= 0.6 is 0 Å². The maximum atomic E-state index is 12.4. The van der Waals surface area contributed by atoms with Crippen LogP contribution in [0.5, 0.6) is 0 Å². The van der Waals surface area contributed by atoms with Crippen molar-refractivity contribution in [1.29, 1.82) is 0 Å². The summed E-state index contributed by atoms with van der Waals surface area (Å²) in [6, 6.07) is 14.8. The van der Waals surface area contributed by atoms with Crippen molar-refractivity contribution in [3.63, 3.8) is 0 Å². The van der Waals surface area contributed by atoms with E-state index in [9.17, 15) is 8.42 Å². The number of nitrogen functional groups attached to an aromatic ring is 2. The number of aromatic nitrogens is 2. The van der Waals surface area contributed by atoms with Gasteiger partial charge in [-0.25, -0.2) is 18.4 Å². The van der Waals surface area contributed by atoms with Crippen molar-refractivity contribution in [1.82, 2.24) is 9.97 Å². The van der Waals surface area contributed by atoms with Gasteiger partial charge in [0, 0.05) is 5.56 Å². The van der Waals surface area contributed by atoms with Crippen LogP contribution < -0.4 is 16.2 Å². The van der Waals surface area contributed by atoms with Crippen LogP contribution in [0.15, 0.2) is 65.8 Å². The van der Waals surface area contributed by atoms with Gasteiger partial charge in [0.15, 0.2) is 0 Å². The minimum atomic E-state index is -3.67. The molecule has 8 heteroatoms. The van der Waals surface area contributed by atoms with Crippen LogP contribution in [0.3, 0.4) is 0 Å². The van der Waals surface area contributed by atoms with Crippen LogP contribution in [0.2, 0.25) is 0 Å².